The Hall–Kier alpha value is -1.50. The van der Waals surface area contributed by atoms with Gasteiger partial charge in [0.05, 0.1) is 6.07 Å². The van der Waals surface area contributed by atoms with Crippen molar-refractivity contribution in [2.45, 2.75) is 19.9 Å². The first-order valence-electron chi connectivity index (χ1n) is 3.36. The summed E-state index contributed by atoms with van der Waals surface area (Å²) in [5.41, 5.74) is 6.34. The van der Waals surface area contributed by atoms with Crippen LogP contribution in [0, 0.1) is 18.3 Å². The van der Waals surface area contributed by atoms with E-state index in [1.54, 1.807) is 17.7 Å². The minimum absolute atomic E-state index is 0.243. The van der Waals surface area contributed by atoms with Gasteiger partial charge in [0.1, 0.15) is 11.9 Å². The summed E-state index contributed by atoms with van der Waals surface area (Å²) in [6, 6.07) is 3.58. The molecule has 4 heteroatoms. The van der Waals surface area contributed by atoms with Crippen molar-refractivity contribution in [3.05, 3.63) is 11.8 Å². The first-order chi connectivity index (χ1) is 5.15. The molecule has 0 fully saturated rings. The highest BCUT2D eigenvalue weighted by Gasteiger charge is 2.06. The maximum Gasteiger partial charge on any atom is 0.145 e. The van der Waals surface area contributed by atoms with Crippen LogP contribution in [0.4, 0.5) is 5.82 Å². The van der Waals surface area contributed by atoms with Crippen LogP contribution in [0.3, 0.4) is 0 Å². The Morgan fingerprint density at radius 1 is 1.82 bits per heavy atom. The first kappa shape index (κ1) is 7.61. The highest BCUT2D eigenvalue weighted by Crippen LogP contribution is 2.10. The van der Waals surface area contributed by atoms with E-state index in [0.29, 0.717) is 5.82 Å². The molecular weight excluding hydrogens is 140 g/mol. The predicted molar refractivity (Wildman–Crippen MR) is 41.7 cm³/mol. The van der Waals surface area contributed by atoms with E-state index in [4.69, 9.17) is 11.0 Å². The molecule has 1 aromatic heterocycles. The molecule has 1 aromatic rings. The fourth-order valence-electron chi connectivity index (χ4n) is 0.959. The summed E-state index contributed by atoms with van der Waals surface area (Å²) in [5.74, 6) is 0.463. The van der Waals surface area contributed by atoms with Crippen LogP contribution in [0.15, 0.2) is 6.07 Å². The summed E-state index contributed by atoms with van der Waals surface area (Å²) >= 11 is 0. The number of anilines is 1. The van der Waals surface area contributed by atoms with Crippen LogP contribution >= 0.6 is 0 Å². The molecule has 1 atom stereocenters. The van der Waals surface area contributed by atoms with Crippen molar-refractivity contribution < 1.29 is 0 Å². The molecule has 0 saturated heterocycles. The summed E-state index contributed by atoms with van der Waals surface area (Å²) in [6.07, 6.45) is 0. The summed E-state index contributed by atoms with van der Waals surface area (Å²) in [4.78, 5) is 0. The zero-order chi connectivity index (χ0) is 8.43. The average molecular weight is 150 g/mol. The van der Waals surface area contributed by atoms with Gasteiger partial charge in [-0.05, 0) is 13.8 Å². The van der Waals surface area contributed by atoms with Crippen LogP contribution in [-0.2, 0) is 0 Å². The molecule has 0 aliphatic rings. The summed E-state index contributed by atoms with van der Waals surface area (Å²) < 4.78 is 1.61. The molecule has 0 unspecified atom stereocenters. The predicted octanol–water partition coefficient (Wildman–Crippen LogP) is 0.858. The van der Waals surface area contributed by atoms with Crippen molar-refractivity contribution >= 4 is 5.82 Å². The Morgan fingerprint density at radius 3 is 2.82 bits per heavy atom. The SMILES string of the molecule is Cc1cc(N)nn1[C@@H](C)C#N. The third-order valence-corrected chi connectivity index (χ3v) is 1.50. The van der Waals surface area contributed by atoms with E-state index in [9.17, 15) is 0 Å². The minimum Gasteiger partial charge on any atom is -0.382 e. The van der Waals surface area contributed by atoms with Crippen LogP contribution < -0.4 is 5.73 Å². The molecular formula is C7H10N4. The Morgan fingerprint density at radius 2 is 2.45 bits per heavy atom. The molecule has 0 amide bonds. The van der Waals surface area contributed by atoms with Crippen LogP contribution in [0.5, 0.6) is 0 Å². The second kappa shape index (κ2) is 2.62. The molecule has 2 N–H and O–H groups in total. The van der Waals surface area contributed by atoms with E-state index in [-0.39, 0.29) is 6.04 Å². The normalized spacial score (nSPS) is 12.5. The Labute approximate surface area is 65.2 Å². The van der Waals surface area contributed by atoms with Crippen LogP contribution in [0.25, 0.3) is 0 Å². The number of nitrogens with two attached hydrogens (primary N) is 1. The third-order valence-electron chi connectivity index (χ3n) is 1.50. The van der Waals surface area contributed by atoms with E-state index < -0.39 is 0 Å². The number of hydrogen-bond donors (Lipinski definition) is 1. The molecule has 1 heterocycles. The van der Waals surface area contributed by atoms with E-state index >= 15 is 0 Å². The Bertz CT molecular complexity index is 294. The molecule has 4 nitrogen and oxygen atoms in total. The lowest BCUT2D eigenvalue weighted by atomic mass is 10.3. The molecule has 0 aromatic carbocycles. The lowest BCUT2D eigenvalue weighted by molar-refractivity contribution is 0.577. The fraction of sp³-hybridized carbons (Fsp3) is 0.429. The highest BCUT2D eigenvalue weighted by atomic mass is 15.3. The molecule has 0 saturated carbocycles. The van der Waals surface area contributed by atoms with Gasteiger partial charge >= 0.3 is 0 Å². The minimum atomic E-state index is -0.243. The summed E-state index contributed by atoms with van der Waals surface area (Å²) in [5, 5.41) is 12.5. The zero-order valence-corrected chi connectivity index (χ0v) is 6.57. The molecule has 0 radical (unpaired) electrons. The number of nitriles is 1. The molecule has 0 spiro atoms. The van der Waals surface area contributed by atoms with Gasteiger partial charge in [-0.1, -0.05) is 0 Å². The standard InChI is InChI=1S/C7H10N4/c1-5-3-7(9)10-11(5)6(2)4-8/h3,6H,1-2H3,(H2,9,10)/t6-/m0/s1. The van der Waals surface area contributed by atoms with E-state index in [1.165, 1.54) is 0 Å². The van der Waals surface area contributed by atoms with Crippen LogP contribution in [-0.4, -0.2) is 9.78 Å². The maximum atomic E-state index is 8.57. The van der Waals surface area contributed by atoms with Crippen molar-refractivity contribution in [1.29, 1.82) is 5.26 Å². The van der Waals surface area contributed by atoms with Crippen molar-refractivity contribution in [2.75, 3.05) is 5.73 Å². The van der Waals surface area contributed by atoms with Gasteiger partial charge in [-0.2, -0.15) is 10.4 Å². The highest BCUT2D eigenvalue weighted by molar-refractivity contribution is 5.29. The molecule has 1 rings (SSSR count). The van der Waals surface area contributed by atoms with Crippen LogP contribution in [0.1, 0.15) is 18.7 Å². The third kappa shape index (κ3) is 1.32. The largest absolute Gasteiger partial charge is 0.382 e. The number of hydrogen-bond acceptors (Lipinski definition) is 3. The van der Waals surface area contributed by atoms with E-state index in [2.05, 4.69) is 11.2 Å². The first-order valence-corrected chi connectivity index (χ1v) is 3.36. The zero-order valence-electron chi connectivity index (χ0n) is 6.57. The smallest absolute Gasteiger partial charge is 0.145 e. The van der Waals surface area contributed by atoms with Gasteiger partial charge in [0.15, 0.2) is 0 Å². The van der Waals surface area contributed by atoms with Crippen molar-refractivity contribution in [1.82, 2.24) is 9.78 Å². The van der Waals surface area contributed by atoms with Gasteiger partial charge < -0.3 is 5.73 Å². The van der Waals surface area contributed by atoms with Gasteiger partial charge in [0.2, 0.25) is 0 Å². The molecule has 58 valence electrons. The van der Waals surface area contributed by atoms with Crippen molar-refractivity contribution in [3.8, 4) is 6.07 Å². The van der Waals surface area contributed by atoms with Crippen molar-refractivity contribution in [3.63, 3.8) is 0 Å². The quantitative estimate of drug-likeness (QED) is 0.645. The monoisotopic (exact) mass is 150 g/mol. The molecule has 11 heavy (non-hydrogen) atoms. The van der Waals surface area contributed by atoms with Gasteiger partial charge in [-0.3, -0.25) is 4.68 Å². The second-order valence-electron chi connectivity index (χ2n) is 2.46. The van der Waals surface area contributed by atoms with Gasteiger partial charge in [-0.15, -0.1) is 0 Å². The van der Waals surface area contributed by atoms with E-state index in [1.807, 2.05) is 6.92 Å². The van der Waals surface area contributed by atoms with Crippen LogP contribution in [0.2, 0.25) is 0 Å². The van der Waals surface area contributed by atoms with Gasteiger partial charge in [0.25, 0.3) is 0 Å². The summed E-state index contributed by atoms with van der Waals surface area (Å²) in [6.45, 7) is 3.65. The topological polar surface area (TPSA) is 67.6 Å². The van der Waals surface area contributed by atoms with Gasteiger partial charge in [0, 0.05) is 11.8 Å². The molecule has 0 aliphatic carbocycles. The number of rotatable bonds is 1. The number of nitrogen functional groups attached to an aromatic ring is 1. The lowest BCUT2D eigenvalue weighted by Crippen LogP contribution is -2.06. The number of aromatic nitrogens is 2. The second-order valence-corrected chi connectivity index (χ2v) is 2.46. The maximum absolute atomic E-state index is 8.57. The number of aryl methyl sites for hydroxylation is 1. The number of nitrogens with zero attached hydrogens (tertiary/aromatic N) is 3. The Kier molecular flexibility index (Phi) is 1.81. The molecule has 0 aliphatic heterocycles. The van der Waals surface area contributed by atoms with Gasteiger partial charge in [-0.25, -0.2) is 0 Å². The van der Waals surface area contributed by atoms with E-state index in [0.717, 1.165) is 5.69 Å². The Balaban J connectivity index is 3.05. The fourth-order valence-corrected chi connectivity index (χ4v) is 0.959. The molecule has 0 bridgehead atoms. The average Bonchev–Trinajstić information content (AvgIpc) is 2.28. The lowest BCUT2D eigenvalue weighted by Gasteiger charge is -2.03. The van der Waals surface area contributed by atoms with Crippen molar-refractivity contribution in [2.24, 2.45) is 0 Å². The summed E-state index contributed by atoms with van der Waals surface area (Å²) in [7, 11) is 0.